The first-order valence-electron chi connectivity index (χ1n) is 7.11. The van der Waals surface area contributed by atoms with Gasteiger partial charge in [0.25, 0.3) is 0 Å². The molecule has 3 aromatic heterocycles. The number of hydrogen-bond acceptors (Lipinski definition) is 4. The molecular formula is C15H20IN5S2. The Kier molecular flexibility index (Phi) is 6.85. The van der Waals surface area contributed by atoms with E-state index in [0.29, 0.717) is 6.54 Å². The molecule has 3 aromatic rings. The SMILES string of the molecule is CN=C(NCc1cn2ccsc2n1)N(C)CCc1cccs1.I. The Bertz CT molecular complexity index is 718. The molecule has 0 saturated heterocycles. The number of imidazole rings is 1. The zero-order valence-corrected chi connectivity index (χ0v) is 17.1. The summed E-state index contributed by atoms with van der Waals surface area (Å²) in [6.07, 6.45) is 5.12. The van der Waals surface area contributed by atoms with E-state index in [1.165, 1.54) is 4.88 Å². The Morgan fingerprint density at radius 2 is 2.26 bits per heavy atom. The molecule has 0 aliphatic carbocycles. The molecule has 5 nitrogen and oxygen atoms in total. The lowest BCUT2D eigenvalue weighted by molar-refractivity contribution is 0.486. The summed E-state index contributed by atoms with van der Waals surface area (Å²) >= 11 is 3.44. The van der Waals surface area contributed by atoms with Crippen LogP contribution in [0.2, 0.25) is 0 Å². The van der Waals surface area contributed by atoms with Crippen LogP contribution in [0.25, 0.3) is 4.96 Å². The van der Waals surface area contributed by atoms with Gasteiger partial charge in [-0.05, 0) is 17.9 Å². The first kappa shape index (κ1) is 18.2. The quantitative estimate of drug-likeness (QED) is 0.360. The van der Waals surface area contributed by atoms with Crippen molar-refractivity contribution < 1.29 is 0 Å². The lowest BCUT2D eigenvalue weighted by Crippen LogP contribution is -2.39. The van der Waals surface area contributed by atoms with Crippen LogP contribution in [0, 0.1) is 0 Å². The fourth-order valence-electron chi connectivity index (χ4n) is 2.25. The van der Waals surface area contributed by atoms with Crippen molar-refractivity contribution in [3.63, 3.8) is 0 Å². The standard InChI is InChI=1S/C15H19N5S2.HI/c1-16-14(19(2)6-5-13-4-3-8-21-13)17-10-12-11-20-7-9-22-15(20)18-12;/h3-4,7-9,11H,5-6,10H2,1-2H3,(H,16,17);1H. The second kappa shape index (κ2) is 8.65. The maximum atomic E-state index is 4.57. The Balaban J connectivity index is 0.00000192. The predicted octanol–water partition coefficient (Wildman–Crippen LogP) is 3.33. The molecule has 1 N–H and O–H groups in total. The van der Waals surface area contributed by atoms with Crippen LogP contribution >= 0.6 is 46.7 Å². The van der Waals surface area contributed by atoms with Crippen molar-refractivity contribution in [2.45, 2.75) is 13.0 Å². The third-order valence-electron chi connectivity index (χ3n) is 3.42. The summed E-state index contributed by atoms with van der Waals surface area (Å²) in [5.74, 6) is 0.896. The highest BCUT2D eigenvalue weighted by Crippen LogP contribution is 2.11. The van der Waals surface area contributed by atoms with Gasteiger partial charge in [-0.1, -0.05) is 6.07 Å². The van der Waals surface area contributed by atoms with Gasteiger partial charge in [0.2, 0.25) is 0 Å². The van der Waals surface area contributed by atoms with Crippen LogP contribution in [0.5, 0.6) is 0 Å². The fourth-order valence-corrected chi connectivity index (χ4v) is 3.67. The van der Waals surface area contributed by atoms with Crippen LogP contribution in [0.4, 0.5) is 0 Å². The van der Waals surface area contributed by atoms with E-state index in [0.717, 1.165) is 29.6 Å². The van der Waals surface area contributed by atoms with E-state index in [-0.39, 0.29) is 24.0 Å². The molecule has 0 unspecified atom stereocenters. The molecule has 0 saturated carbocycles. The highest BCUT2D eigenvalue weighted by Gasteiger charge is 2.08. The van der Waals surface area contributed by atoms with Crippen molar-refractivity contribution >= 4 is 57.6 Å². The minimum atomic E-state index is 0. The van der Waals surface area contributed by atoms with E-state index in [1.807, 2.05) is 23.0 Å². The van der Waals surface area contributed by atoms with Gasteiger partial charge in [-0.2, -0.15) is 0 Å². The maximum absolute atomic E-state index is 4.57. The number of thiazole rings is 1. The van der Waals surface area contributed by atoms with E-state index in [2.05, 4.69) is 51.0 Å². The van der Waals surface area contributed by atoms with Crippen molar-refractivity contribution in [1.29, 1.82) is 0 Å². The molecule has 0 fully saturated rings. The van der Waals surface area contributed by atoms with Gasteiger partial charge in [0, 0.05) is 43.3 Å². The monoisotopic (exact) mass is 461 g/mol. The predicted molar refractivity (Wildman–Crippen MR) is 109 cm³/mol. The number of fused-ring (bicyclic) bond motifs is 1. The van der Waals surface area contributed by atoms with Crippen LogP contribution < -0.4 is 5.32 Å². The number of aliphatic imine (C=N–C) groups is 1. The highest BCUT2D eigenvalue weighted by atomic mass is 127. The van der Waals surface area contributed by atoms with E-state index in [1.54, 1.807) is 22.7 Å². The molecule has 0 radical (unpaired) electrons. The van der Waals surface area contributed by atoms with Crippen LogP contribution in [0.15, 0.2) is 40.3 Å². The second-order valence-corrected chi connectivity index (χ2v) is 6.88. The number of likely N-dealkylation sites (N-methyl/N-ethyl adjacent to an activating group) is 1. The fraction of sp³-hybridized carbons (Fsp3) is 0.333. The van der Waals surface area contributed by atoms with Gasteiger partial charge in [-0.15, -0.1) is 46.7 Å². The van der Waals surface area contributed by atoms with Gasteiger partial charge in [-0.25, -0.2) is 4.98 Å². The van der Waals surface area contributed by atoms with Crippen molar-refractivity contribution in [3.8, 4) is 0 Å². The molecule has 0 spiro atoms. The van der Waals surface area contributed by atoms with E-state index < -0.39 is 0 Å². The minimum Gasteiger partial charge on any atom is -0.351 e. The van der Waals surface area contributed by atoms with Gasteiger partial charge in [0.15, 0.2) is 10.9 Å². The van der Waals surface area contributed by atoms with E-state index in [9.17, 15) is 0 Å². The molecule has 3 heterocycles. The average Bonchev–Trinajstić information content (AvgIpc) is 3.22. The van der Waals surface area contributed by atoms with Gasteiger partial charge in [0.1, 0.15) is 0 Å². The number of hydrogen-bond donors (Lipinski definition) is 1. The lowest BCUT2D eigenvalue weighted by Gasteiger charge is -2.21. The molecule has 0 aliphatic heterocycles. The maximum Gasteiger partial charge on any atom is 0.193 e. The third kappa shape index (κ3) is 4.67. The summed E-state index contributed by atoms with van der Waals surface area (Å²) in [6.45, 7) is 1.63. The Morgan fingerprint density at radius 1 is 1.39 bits per heavy atom. The third-order valence-corrected chi connectivity index (χ3v) is 5.12. The Labute approximate surface area is 161 Å². The molecular weight excluding hydrogens is 441 g/mol. The van der Waals surface area contributed by atoms with Crippen LogP contribution in [0.1, 0.15) is 10.6 Å². The normalized spacial score (nSPS) is 11.5. The molecule has 3 rings (SSSR count). The van der Waals surface area contributed by atoms with Crippen molar-refractivity contribution in [2.75, 3.05) is 20.6 Å². The second-order valence-electron chi connectivity index (χ2n) is 4.98. The summed E-state index contributed by atoms with van der Waals surface area (Å²) in [4.78, 5) is 13.5. The van der Waals surface area contributed by atoms with Crippen LogP contribution in [-0.4, -0.2) is 40.9 Å². The molecule has 124 valence electrons. The zero-order valence-electron chi connectivity index (χ0n) is 13.1. The number of nitrogens with one attached hydrogen (secondary N) is 1. The van der Waals surface area contributed by atoms with Gasteiger partial charge >= 0.3 is 0 Å². The van der Waals surface area contributed by atoms with Gasteiger partial charge in [0.05, 0.1) is 12.2 Å². The number of nitrogens with zero attached hydrogens (tertiary/aromatic N) is 4. The summed E-state index contributed by atoms with van der Waals surface area (Å²) in [5.41, 5.74) is 1.03. The summed E-state index contributed by atoms with van der Waals surface area (Å²) in [6, 6.07) is 4.27. The molecule has 0 amide bonds. The zero-order chi connectivity index (χ0) is 15.4. The topological polar surface area (TPSA) is 44.9 Å². The summed E-state index contributed by atoms with van der Waals surface area (Å²) in [7, 11) is 3.88. The van der Waals surface area contributed by atoms with Crippen molar-refractivity contribution in [1.82, 2.24) is 19.6 Å². The van der Waals surface area contributed by atoms with Crippen molar-refractivity contribution in [2.24, 2.45) is 4.99 Å². The molecule has 0 aliphatic rings. The number of aromatic nitrogens is 2. The molecule has 0 bridgehead atoms. The van der Waals surface area contributed by atoms with Crippen LogP contribution in [0.3, 0.4) is 0 Å². The smallest absolute Gasteiger partial charge is 0.193 e. The first-order chi connectivity index (χ1) is 10.8. The molecule has 0 aromatic carbocycles. The molecule has 8 heteroatoms. The van der Waals surface area contributed by atoms with Crippen LogP contribution in [-0.2, 0) is 13.0 Å². The van der Waals surface area contributed by atoms with Gasteiger partial charge < -0.3 is 10.2 Å². The lowest BCUT2D eigenvalue weighted by atomic mass is 10.3. The number of guanidine groups is 1. The van der Waals surface area contributed by atoms with E-state index >= 15 is 0 Å². The average molecular weight is 461 g/mol. The summed E-state index contributed by atoms with van der Waals surface area (Å²) in [5, 5.41) is 7.53. The number of thiophene rings is 1. The molecule has 0 atom stereocenters. The van der Waals surface area contributed by atoms with Gasteiger partial charge in [-0.3, -0.25) is 9.39 Å². The largest absolute Gasteiger partial charge is 0.351 e. The Morgan fingerprint density at radius 3 is 2.96 bits per heavy atom. The van der Waals surface area contributed by atoms with Crippen molar-refractivity contribution in [3.05, 3.63) is 45.9 Å². The number of halogens is 1. The number of rotatable bonds is 5. The Hall–Kier alpha value is -1.13. The first-order valence-corrected chi connectivity index (χ1v) is 8.87. The summed E-state index contributed by atoms with van der Waals surface area (Å²) < 4.78 is 2.05. The minimum absolute atomic E-state index is 0. The van der Waals surface area contributed by atoms with E-state index in [4.69, 9.17) is 0 Å². The molecule has 23 heavy (non-hydrogen) atoms. The highest BCUT2D eigenvalue weighted by molar-refractivity contribution is 14.0.